The van der Waals surface area contributed by atoms with Gasteiger partial charge in [-0.3, -0.25) is 14.6 Å². The van der Waals surface area contributed by atoms with Crippen molar-refractivity contribution in [2.45, 2.75) is 51.1 Å². The number of benzene rings is 2. The number of fused-ring (bicyclic) bond motifs is 1. The number of carbonyl (C=O) groups is 1. The van der Waals surface area contributed by atoms with Crippen LogP contribution in [0, 0.1) is 5.82 Å². The molecule has 0 spiro atoms. The first-order valence-electron chi connectivity index (χ1n) is 12.4. The lowest BCUT2D eigenvalue weighted by Gasteiger charge is -2.41. The molecule has 2 aromatic carbocycles. The molecule has 3 aliphatic rings. The SMILES string of the molecule is O=C(CN1CCc2cc(-c3ccc(O)c(F)c3)ccc2C1)N1CCN(C2CCCCC2)CC1. The maximum atomic E-state index is 13.8. The van der Waals surface area contributed by atoms with Gasteiger partial charge in [-0.25, -0.2) is 4.39 Å². The van der Waals surface area contributed by atoms with Gasteiger partial charge in [0.25, 0.3) is 0 Å². The summed E-state index contributed by atoms with van der Waals surface area (Å²) in [6.07, 6.45) is 7.62. The van der Waals surface area contributed by atoms with Gasteiger partial charge < -0.3 is 10.0 Å². The first-order valence-corrected chi connectivity index (χ1v) is 12.4. The minimum absolute atomic E-state index is 0.248. The lowest BCUT2D eigenvalue weighted by Crippen LogP contribution is -2.54. The van der Waals surface area contributed by atoms with Gasteiger partial charge in [0.15, 0.2) is 11.6 Å². The van der Waals surface area contributed by atoms with Gasteiger partial charge in [0.1, 0.15) is 0 Å². The van der Waals surface area contributed by atoms with Gasteiger partial charge in [0.2, 0.25) is 5.91 Å². The Kier molecular flexibility index (Phi) is 6.65. The molecule has 2 aromatic rings. The Hall–Kier alpha value is -2.44. The molecule has 0 unspecified atom stereocenters. The molecule has 1 saturated heterocycles. The lowest BCUT2D eigenvalue weighted by atomic mass is 9.94. The summed E-state index contributed by atoms with van der Waals surface area (Å²) in [5.41, 5.74) is 4.20. The summed E-state index contributed by atoms with van der Waals surface area (Å²) in [7, 11) is 0. The lowest BCUT2D eigenvalue weighted by molar-refractivity contribution is -0.134. The van der Waals surface area contributed by atoms with Crippen molar-refractivity contribution in [1.82, 2.24) is 14.7 Å². The van der Waals surface area contributed by atoms with Gasteiger partial charge in [-0.1, -0.05) is 43.5 Å². The zero-order chi connectivity index (χ0) is 22.8. The quantitative estimate of drug-likeness (QED) is 0.763. The van der Waals surface area contributed by atoms with E-state index >= 15 is 0 Å². The largest absolute Gasteiger partial charge is 0.505 e. The van der Waals surface area contributed by atoms with E-state index in [4.69, 9.17) is 0 Å². The first kappa shape index (κ1) is 22.4. The molecule has 6 heteroatoms. The van der Waals surface area contributed by atoms with E-state index in [-0.39, 0.29) is 11.7 Å². The Labute approximate surface area is 195 Å². The Morgan fingerprint density at radius 3 is 2.39 bits per heavy atom. The molecular weight excluding hydrogens is 417 g/mol. The van der Waals surface area contributed by atoms with E-state index in [1.807, 2.05) is 6.07 Å². The number of halogens is 1. The van der Waals surface area contributed by atoms with E-state index < -0.39 is 5.82 Å². The first-order chi connectivity index (χ1) is 16.1. The summed E-state index contributed by atoms with van der Waals surface area (Å²) < 4.78 is 13.8. The number of aromatic hydroxyl groups is 1. The van der Waals surface area contributed by atoms with Crippen molar-refractivity contribution in [3.63, 3.8) is 0 Å². The molecule has 0 radical (unpaired) electrons. The monoisotopic (exact) mass is 451 g/mol. The third-order valence-electron chi connectivity index (χ3n) is 7.70. The Morgan fingerprint density at radius 1 is 0.909 bits per heavy atom. The van der Waals surface area contributed by atoms with Crippen LogP contribution in [-0.2, 0) is 17.8 Å². The van der Waals surface area contributed by atoms with Gasteiger partial charge in [-0.05, 0) is 53.6 Å². The van der Waals surface area contributed by atoms with Crippen LogP contribution in [0.3, 0.4) is 0 Å². The van der Waals surface area contributed by atoms with Crippen LogP contribution < -0.4 is 0 Å². The minimum atomic E-state index is -0.602. The normalized spacial score (nSPS) is 20.6. The molecule has 0 atom stereocenters. The van der Waals surface area contributed by atoms with Crippen LogP contribution in [0.5, 0.6) is 5.75 Å². The molecule has 176 valence electrons. The van der Waals surface area contributed by atoms with Crippen molar-refractivity contribution in [3.05, 3.63) is 53.3 Å². The zero-order valence-corrected chi connectivity index (χ0v) is 19.3. The smallest absolute Gasteiger partial charge is 0.236 e. The molecule has 1 N–H and O–H groups in total. The van der Waals surface area contributed by atoms with E-state index in [9.17, 15) is 14.3 Å². The van der Waals surface area contributed by atoms with Crippen molar-refractivity contribution in [2.24, 2.45) is 0 Å². The second-order valence-electron chi connectivity index (χ2n) is 9.82. The minimum Gasteiger partial charge on any atom is -0.505 e. The van der Waals surface area contributed by atoms with Crippen LogP contribution in [0.15, 0.2) is 36.4 Å². The molecule has 0 bridgehead atoms. The maximum absolute atomic E-state index is 13.8. The van der Waals surface area contributed by atoms with E-state index in [0.29, 0.717) is 6.54 Å². The highest BCUT2D eigenvalue weighted by Gasteiger charge is 2.28. The number of rotatable bonds is 4. The number of hydrogen-bond donors (Lipinski definition) is 1. The molecule has 5 rings (SSSR count). The van der Waals surface area contributed by atoms with Crippen molar-refractivity contribution < 1.29 is 14.3 Å². The molecular formula is C27H34FN3O2. The molecule has 2 aliphatic heterocycles. The predicted molar refractivity (Wildman–Crippen MR) is 128 cm³/mol. The van der Waals surface area contributed by atoms with E-state index in [2.05, 4.69) is 26.8 Å². The summed E-state index contributed by atoms with van der Waals surface area (Å²) in [6.45, 7) is 5.84. The van der Waals surface area contributed by atoms with E-state index in [0.717, 1.165) is 62.9 Å². The van der Waals surface area contributed by atoms with Crippen molar-refractivity contribution >= 4 is 5.91 Å². The summed E-state index contributed by atoms with van der Waals surface area (Å²) in [5, 5.41) is 9.44. The second-order valence-corrected chi connectivity index (χ2v) is 9.82. The maximum Gasteiger partial charge on any atom is 0.236 e. The molecule has 1 aliphatic carbocycles. The Bertz CT molecular complexity index is 997. The number of phenolic OH excluding ortho intramolecular Hbond substituents is 1. The van der Waals surface area contributed by atoms with Crippen LogP contribution in [0.4, 0.5) is 4.39 Å². The fraction of sp³-hybridized carbons (Fsp3) is 0.519. The number of piperazine rings is 1. The number of amides is 1. The van der Waals surface area contributed by atoms with Gasteiger partial charge in [-0.15, -0.1) is 0 Å². The van der Waals surface area contributed by atoms with Gasteiger partial charge >= 0.3 is 0 Å². The van der Waals surface area contributed by atoms with Crippen molar-refractivity contribution in [1.29, 1.82) is 0 Å². The third kappa shape index (κ3) is 5.07. The summed E-state index contributed by atoms with van der Waals surface area (Å²) >= 11 is 0. The molecule has 5 nitrogen and oxygen atoms in total. The summed E-state index contributed by atoms with van der Waals surface area (Å²) in [4.78, 5) is 19.9. The fourth-order valence-electron chi connectivity index (χ4n) is 5.69. The average Bonchev–Trinajstić information content (AvgIpc) is 2.86. The molecule has 1 amide bonds. The molecule has 2 fully saturated rings. The van der Waals surface area contributed by atoms with Crippen molar-refractivity contribution in [2.75, 3.05) is 39.3 Å². The van der Waals surface area contributed by atoms with Crippen LogP contribution in [0.2, 0.25) is 0 Å². The van der Waals surface area contributed by atoms with Gasteiger partial charge in [-0.2, -0.15) is 0 Å². The molecule has 1 saturated carbocycles. The zero-order valence-electron chi connectivity index (χ0n) is 19.3. The van der Waals surface area contributed by atoms with Crippen LogP contribution in [0.25, 0.3) is 11.1 Å². The number of nitrogens with zero attached hydrogens (tertiary/aromatic N) is 3. The summed E-state index contributed by atoms with van der Waals surface area (Å²) in [6, 6.07) is 11.4. The van der Waals surface area contributed by atoms with E-state index in [1.54, 1.807) is 6.07 Å². The van der Waals surface area contributed by atoms with Crippen molar-refractivity contribution in [3.8, 4) is 16.9 Å². The van der Waals surface area contributed by atoms with Crippen LogP contribution in [-0.4, -0.2) is 71.0 Å². The van der Waals surface area contributed by atoms with Gasteiger partial charge in [0.05, 0.1) is 6.54 Å². The van der Waals surface area contributed by atoms with Crippen LogP contribution in [0.1, 0.15) is 43.2 Å². The Morgan fingerprint density at radius 2 is 1.64 bits per heavy atom. The predicted octanol–water partition coefficient (Wildman–Crippen LogP) is 4.03. The standard InChI is InChI=1S/C27H34FN3O2/c28-25-17-21(8-9-26(25)32)20-6-7-23-18-29(11-10-22(23)16-20)19-27(33)31-14-12-30(13-15-31)24-4-2-1-3-5-24/h6-9,16-17,24,32H,1-5,10-15,18-19H2. The molecule has 33 heavy (non-hydrogen) atoms. The summed E-state index contributed by atoms with van der Waals surface area (Å²) in [5.74, 6) is -0.681. The highest BCUT2D eigenvalue weighted by atomic mass is 19.1. The highest BCUT2D eigenvalue weighted by Crippen LogP contribution is 2.29. The van der Waals surface area contributed by atoms with Crippen LogP contribution >= 0.6 is 0 Å². The molecule has 0 aromatic heterocycles. The number of hydrogen-bond acceptors (Lipinski definition) is 4. The van der Waals surface area contributed by atoms with E-state index in [1.165, 1.54) is 55.4 Å². The highest BCUT2D eigenvalue weighted by molar-refractivity contribution is 5.78. The van der Waals surface area contributed by atoms with Gasteiger partial charge in [0, 0.05) is 45.3 Å². The topological polar surface area (TPSA) is 47.0 Å². The molecule has 2 heterocycles. The number of phenols is 1. The number of carbonyl (C=O) groups excluding carboxylic acids is 1. The second kappa shape index (κ2) is 9.82. The average molecular weight is 452 g/mol. The fourth-order valence-corrected chi connectivity index (χ4v) is 5.69. The third-order valence-corrected chi connectivity index (χ3v) is 7.70. The Balaban J connectivity index is 1.15.